The molecule has 1 aliphatic carbocycles. The molecule has 0 spiro atoms. The van der Waals surface area contributed by atoms with Gasteiger partial charge >= 0.3 is 0 Å². The number of fused-ring (bicyclic) bond motifs is 2. The third-order valence-corrected chi connectivity index (χ3v) is 9.54. The molecule has 10 heteroatoms. The number of nitrogens with one attached hydrogen (secondary N) is 1. The molecular weight excluding hydrogens is 582 g/mol. The lowest BCUT2D eigenvalue weighted by molar-refractivity contribution is -0.113. The van der Waals surface area contributed by atoms with Crippen LogP contribution in [0.3, 0.4) is 0 Å². The third-order valence-electron chi connectivity index (χ3n) is 6.91. The van der Waals surface area contributed by atoms with Crippen LogP contribution in [0.1, 0.15) is 43.2 Å². The van der Waals surface area contributed by atoms with Crippen molar-refractivity contribution in [1.29, 1.82) is 5.26 Å². The van der Waals surface area contributed by atoms with Crippen LogP contribution in [0.25, 0.3) is 22.6 Å². The van der Waals surface area contributed by atoms with Crippen molar-refractivity contribution in [1.82, 2.24) is 14.8 Å². The van der Waals surface area contributed by atoms with Crippen LogP contribution < -0.4 is 5.32 Å². The number of halogens is 1. The molecule has 5 rings (SSSR count). The number of amides is 1. The molecule has 1 amide bonds. The minimum Gasteiger partial charge on any atom is -0.453 e. The van der Waals surface area contributed by atoms with Crippen LogP contribution in [-0.2, 0) is 24.2 Å². The fourth-order valence-corrected chi connectivity index (χ4v) is 7.24. The van der Waals surface area contributed by atoms with E-state index in [1.807, 2.05) is 28.8 Å². The van der Waals surface area contributed by atoms with E-state index in [0.717, 1.165) is 40.3 Å². The van der Waals surface area contributed by atoms with Gasteiger partial charge in [-0.2, -0.15) is 5.26 Å². The molecule has 1 atom stereocenters. The number of furan rings is 1. The molecule has 0 unspecified atom stereocenters. The third kappa shape index (κ3) is 5.33. The Balaban J connectivity index is 1.31. The number of carbonyl (C=O) groups is 1. The average Bonchev–Trinajstić information content (AvgIpc) is 3.56. The van der Waals surface area contributed by atoms with Crippen molar-refractivity contribution in [2.45, 2.75) is 51.7 Å². The van der Waals surface area contributed by atoms with Gasteiger partial charge in [-0.1, -0.05) is 54.5 Å². The topological polar surface area (TPSA) is 96.7 Å². The Morgan fingerprint density at radius 2 is 2.21 bits per heavy atom. The minimum absolute atomic E-state index is 0.139. The molecule has 0 radical (unpaired) electrons. The SMILES string of the molecule is C=CCn1c(SCC(=O)Nc2sc3c(c2C#N)CC[C@H](C(C)(C)C)C3)nnc1-c1cc2cc(Br)ccc2o1. The number of hydrogen-bond acceptors (Lipinski definition) is 7. The first-order chi connectivity index (χ1) is 18.2. The largest absolute Gasteiger partial charge is 0.453 e. The summed E-state index contributed by atoms with van der Waals surface area (Å²) >= 11 is 6.33. The highest BCUT2D eigenvalue weighted by molar-refractivity contribution is 9.10. The van der Waals surface area contributed by atoms with Crippen molar-refractivity contribution in [2.24, 2.45) is 11.3 Å². The first-order valence-electron chi connectivity index (χ1n) is 12.4. The lowest BCUT2D eigenvalue weighted by Crippen LogP contribution is -2.26. The van der Waals surface area contributed by atoms with E-state index >= 15 is 0 Å². The Hall–Kier alpha value is -2.87. The number of aromatic nitrogens is 3. The molecular formula is C28H28BrN5O2S2. The first kappa shape index (κ1) is 26.7. The minimum atomic E-state index is -0.180. The molecule has 0 saturated heterocycles. The first-order valence-corrected chi connectivity index (χ1v) is 15.0. The maximum Gasteiger partial charge on any atom is 0.235 e. The number of nitriles is 1. The second-order valence-electron chi connectivity index (χ2n) is 10.5. The van der Waals surface area contributed by atoms with Crippen LogP contribution in [0.5, 0.6) is 0 Å². The molecule has 196 valence electrons. The zero-order valence-corrected chi connectivity index (χ0v) is 24.7. The van der Waals surface area contributed by atoms with Gasteiger partial charge in [0, 0.05) is 21.3 Å². The van der Waals surface area contributed by atoms with Crippen molar-refractivity contribution in [2.75, 3.05) is 11.1 Å². The van der Waals surface area contributed by atoms with Crippen molar-refractivity contribution in [3.05, 3.63) is 57.4 Å². The van der Waals surface area contributed by atoms with E-state index in [0.29, 0.717) is 39.8 Å². The van der Waals surface area contributed by atoms with Crippen molar-refractivity contribution < 1.29 is 9.21 Å². The van der Waals surface area contributed by atoms with Crippen LogP contribution in [0.4, 0.5) is 5.00 Å². The van der Waals surface area contributed by atoms with Crippen LogP contribution >= 0.6 is 39.0 Å². The van der Waals surface area contributed by atoms with E-state index in [9.17, 15) is 10.1 Å². The summed E-state index contributed by atoms with van der Waals surface area (Å²) in [5.74, 6) is 1.70. The molecule has 1 N–H and O–H groups in total. The summed E-state index contributed by atoms with van der Waals surface area (Å²) in [6, 6.07) is 10.1. The molecule has 4 aromatic rings. The van der Waals surface area contributed by atoms with Gasteiger partial charge in [0.1, 0.15) is 16.7 Å². The van der Waals surface area contributed by atoms with Gasteiger partial charge in [-0.25, -0.2) is 0 Å². The molecule has 1 aliphatic rings. The van der Waals surface area contributed by atoms with Gasteiger partial charge in [0.15, 0.2) is 10.9 Å². The lowest BCUT2D eigenvalue weighted by Gasteiger charge is -2.33. The second-order valence-corrected chi connectivity index (χ2v) is 13.4. The predicted molar refractivity (Wildman–Crippen MR) is 156 cm³/mol. The number of benzene rings is 1. The zero-order chi connectivity index (χ0) is 27.0. The average molecular weight is 611 g/mol. The Morgan fingerprint density at radius 3 is 2.95 bits per heavy atom. The van der Waals surface area contributed by atoms with E-state index < -0.39 is 0 Å². The second kappa shape index (κ2) is 10.7. The van der Waals surface area contributed by atoms with Gasteiger partial charge in [-0.15, -0.1) is 28.1 Å². The van der Waals surface area contributed by atoms with E-state index in [1.54, 1.807) is 17.4 Å². The van der Waals surface area contributed by atoms with Gasteiger partial charge < -0.3 is 9.73 Å². The molecule has 0 bridgehead atoms. The summed E-state index contributed by atoms with van der Waals surface area (Å²) in [7, 11) is 0. The number of allylic oxidation sites excluding steroid dienone is 1. The fraction of sp³-hybridized carbons (Fsp3) is 0.357. The Bertz CT molecular complexity index is 1570. The van der Waals surface area contributed by atoms with Gasteiger partial charge in [0.25, 0.3) is 0 Å². The molecule has 38 heavy (non-hydrogen) atoms. The molecule has 0 aliphatic heterocycles. The van der Waals surface area contributed by atoms with Gasteiger partial charge in [0.05, 0.1) is 11.3 Å². The van der Waals surface area contributed by atoms with Gasteiger partial charge in [-0.3, -0.25) is 9.36 Å². The zero-order valence-electron chi connectivity index (χ0n) is 21.5. The molecule has 3 heterocycles. The van der Waals surface area contributed by atoms with E-state index in [-0.39, 0.29) is 17.1 Å². The normalized spacial score (nSPS) is 15.3. The molecule has 7 nitrogen and oxygen atoms in total. The maximum atomic E-state index is 13.0. The highest BCUT2D eigenvalue weighted by atomic mass is 79.9. The molecule has 0 fully saturated rings. The standard InChI is InChI=1S/C28H28BrN5O2S2/c1-5-10-34-25(22-12-16-11-18(29)7-9-21(16)36-22)32-33-27(34)37-15-24(35)31-26-20(14-30)19-8-6-17(28(2,3)4)13-23(19)38-26/h5,7,9,11-12,17H,1,6,8,10,13,15H2,2-4H3,(H,31,35)/t17-/m0/s1. The maximum absolute atomic E-state index is 13.0. The lowest BCUT2D eigenvalue weighted by atomic mass is 9.72. The van der Waals surface area contributed by atoms with Crippen LogP contribution in [0, 0.1) is 22.7 Å². The number of carbonyl (C=O) groups excluding carboxylic acids is 1. The van der Waals surface area contributed by atoms with Crippen molar-refractivity contribution in [3.63, 3.8) is 0 Å². The Morgan fingerprint density at radius 1 is 1.39 bits per heavy atom. The van der Waals surface area contributed by atoms with Crippen LogP contribution in [-0.4, -0.2) is 26.4 Å². The van der Waals surface area contributed by atoms with Crippen LogP contribution in [0.2, 0.25) is 0 Å². The number of nitrogens with zero attached hydrogens (tertiary/aromatic N) is 4. The summed E-state index contributed by atoms with van der Waals surface area (Å²) in [6.45, 7) is 11.1. The summed E-state index contributed by atoms with van der Waals surface area (Å²) in [5, 5.41) is 23.7. The number of rotatable bonds is 7. The number of anilines is 1. The quantitative estimate of drug-likeness (QED) is 0.172. The predicted octanol–water partition coefficient (Wildman–Crippen LogP) is 7.45. The summed E-state index contributed by atoms with van der Waals surface area (Å²) in [6.07, 6.45) is 4.66. The molecule has 0 saturated carbocycles. The molecule has 3 aromatic heterocycles. The van der Waals surface area contributed by atoms with Crippen LogP contribution in [0.15, 0.2) is 51.0 Å². The number of thioether (sulfide) groups is 1. The Labute approximate surface area is 238 Å². The summed E-state index contributed by atoms with van der Waals surface area (Å²) in [5.41, 5.74) is 2.69. The van der Waals surface area contributed by atoms with Gasteiger partial charge in [-0.05, 0) is 60.4 Å². The van der Waals surface area contributed by atoms with Crippen molar-refractivity contribution >= 4 is 60.9 Å². The van der Waals surface area contributed by atoms with E-state index in [4.69, 9.17) is 4.42 Å². The number of thiophene rings is 1. The number of hydrogen-bond donors (Lipinski definition) is 1. The summed E-state index contributed by atoms with van der Waals surface area (Å²) in [4.78, 5) is 14.2. The highest BCUT2D eigenvalue weighted by Crippen LogP contribution is 2.44. The van der Waals surface area contributed by atoms with Gasteiger partial charge in [0.2, 0.25) is 11.7 Å². The fourth-order valence-electron chi connectivity index (χ4n) is 4.82. The molecule has 1 aromatic carbocycles. The van der Waals surface area contributed by atoms with Crippen molar-refractivity contribution in [3.8, 4) is 17.7 Å². The van der Waals surface area contributed by atoms with E-state index in [2.05, 4.69) is 64.9 Å². The smallest absolute Gasteiger partial charge is 0.235 e. The Kier molecular flexibility index (Phi) is 7.54. The highest BCUT2D eigenvalue weighted by Gasteiger charge is 2.32. The van der Waals surface area contributed by atoms with E-state index in [1.165, 1.54) is 16.6 Å². The summed E-state index contributed by atoms with van der Waals surface area (Å²) < 4.78 is 8.86. The monoisotopic (exact) mass is 609 g/mol.